The van der Waals surface area contributed by atoms with Gasteiger partial charge in [0.2, 0.25) is 0 Å². The van der Waals surface area contributed by atoms with E-state index in [0.29, 0.717) is 13.1 Å². The lowest BCUT2D eigenvalue weighted by Gasteiger charge is -2.19. The van der Waals surface area contributed by atoms with Crippen molar-refractivity contribution in [2.75, 3.05) is 18.0 Å². The lowest BCUT2D eigenvalue weighted by Crippen LogP contribution is -2.23. The standard InChI is InChI=1S/C14H13F3N6O/c1-8-12-10(14(15,16)17)6-11(19-13(12)24-20-8)22-4-2-9(7-22)23-5-3-18-21-23/h3,5-6,9H,2,4,7H2,1H3/t9-/m1/s1. The second kappa shape index (κ2) is 5.18. The van der Waals surface area contributed by atoms with E-state index < -0.39 is 11.7 Å². The van der Waals surface area contributed by atoms with Gasteiger partial charge in [-0.15, -0.1) is 5.10 Å². The monoisotopic (exact) mass is 338 g/mol. The second-order valence-corrected chi connectivity index (χ2v) is 5.75. The van der Waals surface area contributed by atoms with Crippen molar-refractivity contribution in [1.29, 1.82) is 0 Å². The first kappa shape index (κ1) is 14.9. The van der Waals surface area contributed by atoms with Crippen molar-refractivity contribution in [3.63, 3.8) is 0 Å². The van der Waals surface area contributed by atoms with Crippen LogP contribution in [0.3, 0.4) is 0 Å². The number of hydrogen-bond acceptors (Lipinski definition) is 6. The minimum atomic E-state index is -4.50. The molecule has 4 rings (SSSR count). The lowest BCUT2D eigenvalue weighted by molar-refractivity contribution is -0.136. The highest BCUT2D eigenvalue weighted by molar-refractivity contribution is 5.82. The molecule has 0 spiro atoms. The van der Waals surface area contributed by atoms with Gasteiger partial charge in [-0.3, -0.25) is 0 Å². The molecule has 7 nitrogen and oxygen atoms in total. The number of nitrogens with zero attached hydrogens (tertiary/aromatic N) is 6. The zero-order chi connectivity index (χ0) is 16.9. The Kier molecular flexibility index (Phi) is 3.22. The molecular formula is C14H13F3N6O. The minimum Gasteiger partial charge on any atom is -0.354 e. The van der Waals surface area contributed by atoms with Gasteiger partial charge in [-0.05, 0) is 19.4 Å². The Morgan fingerprint density at radius 2 is 2.17 bits per heavy atom. The zero-order valence-electron chi connectivity index (χ0n) is 12.7. The van der Waals surface area contributed by atoms with Crippen LogP contribution < -0.4 is 4.90 Å². The SMILES string of the molecule is Cc1noc2nc(N3CC[C@@H](n4ccnn4)C3)cc(C(F)(F)F)c12. The van der Waals surface area contributed by atoms with E-state index in [4.69, 9.17) is 4.52 Å². The molecule has 0 unspecified atom stereocenters. The van der Waals surface area contributed by atoms with Crippen LogP contribution in [-0.4, -0.2) is 38.2 Å². The largest absolute Gasteiger partial charge is 0.417 e. The van der Waals surface area contributed by atoms with E-state index in [2.05, 4.69) is 20.5 Å². The molecular weight excluding hydrogens is 325 g/mol. The lowest BCUT2D eigenvalue weighted by atomic mass is 10.1. The van der Waals surface area contributed by atoms with E-state index in [1.54, 1.807) is 22.0 Å². The fourth-order valence-electron chi connectivity index (χ4n) is 3.05. The van der Waals surface area contributed by atoms with Crippen molar-refractivity contribution in [2.24, 2.45) is 0 Å². The van der Waals surface area contributed by atoms with Gasteiger partial charge in [0, 0.05) is 19.3 Å². The molecule has 0 N–H and O–H groups in total. The average molecular weight is 338 g/mol. The summed E-state index contributed by atoms with van der Waals surface area (Å²) in [7, 11) is 0. The third-order valence-electron chi connectivity index (χ3n) is 4.21. The Balaban J connectivity index is 1.73. The van der Waals surface area contributed by atoms with Crippen molar-refractivity contribution in [3.05, 3.63) is 29.7 Å². The van der Waals surface area contributed by atoms with Gasteiger partial charge >= 0.3 is 6.18 Å². The maximum atomic E-state index is 13.4. The quantitative estimate of drug-likeness (QED) is 0.715. The van der Waals surface area contributed by atoms with E-state index in [9.17, 15) is 13.2 Å². The molecule has 1 fully saturated rings. The van der Waals surface area contributed by atoms with E-state index >= 15 is 0 Å². The average Bonchev–Trinajstić information content (AvgIpc) is 3.25. The first-order valence-electron chi connectivity index (χ1n) is 7.38. The molecule has 4 heterocycles. The fourth-order valence-corrected chi connectivity index (χ4v) is 3.05. The third-order valence-corrected chi connectivity index (χ3v) is 4.21. The van der Waals surface area contributed by atoms with Gasteiger partial charge in [0.15, 0.2) is 0 Å². The van der Waals surface area contributed by atoms with E-state index in [1.807, 2.05) is 0 Å². The number of aryl methyl sites for hydroxylation is 1. The number of alkyl halides is 3. The van der Waals surface area contributed by atoms with Gasteiger partial charge in [-0.1, -0.05) is 10.4 Å². The van der Waals surface area contributed by atoms with Gasteiger partial charge in [0.05, 0.1) is 28.9 Å². The Morgan fingerprint density at radius 3 is 2.88 bits per heavy atom. The fraction of sp³-hybridized carbons (Fsp3) is 0.429. The van der Waals surface area contributed by atoms with Gasteiger partial charge < -0.3 is 9.42 Å². The van der Waals surface area contributed by atoms with Crippen molar-refractivity contribution < 1.29 is 17.7 Å². The molecule has 0 aliphatic carbocycles. The minimum absolute atomic E-state index is 0.0517. The molecule has 24 heavy (non-hydrogen) atoms. The van der Waals surface area contributed by atoms with Crippen LogP contribution in [0.15, 0.2) is 23.0 Å². The van der Waals surface area contributed by atoms with Crippen LogP contribution in [-0.2, 0) is 6.18 Å². The van der Waals surface area contributed by atoms with Crippen molar-refractivity contribution in [3.8, 4) is 0 Å². The van der Waals surface area contributed by atoms with Gasteiger partial charge in [0.25, 0.3) is 5.71 Å². The summed E-state index contributed by atoms with van der Waals surface area (Å²) >= 11 is 0. The van der Waals surface area contributed by atoms with Gasteiger partial charge in [-0.25, -0.2) is 4.68 Å². The highest BCUT2D eigenvalue weighted by atomic mass is 19.4. The summed E-state index contributed by atoms with van der Waals surface area (Å²) in [5.41, 5.74) is -0.690. The number of hydrogen-bond donors (Lipinski definition) is 0. The number of pyridine rings is 1. The molecule has 1 aliphatic heterocycles. The molecule has 1 aliphatic rings. The number of aromatic nitrogens is 5. The number of anilines is 1. The second-order valence-electron chi connectivity index (χ2n) is 5.75. The smallest absolute Gasteiger partial charge is 0.354 e. The van der Waals surface area contributed by atoms with Crippen molar-refractivity contribution in [1.82, 2.24) is 25.1 Å². The maximum absolute atomic E-state index is 13.4. The summed E-state index contributed by atoms with van der Waals surface area (Å²) in [6.07, 6.45) is -0.436. The van der Waals surface area contributed by atoms with Crippen LogP contribution in [0.5, 0.6) is 0 Å². The van der Waals surface area contributed by atoms with Crippen LogP contribution in [0.1, 0.15) is 23.7 Å². The number of rotatable bonds is 2. The first-order valence-corrected chi connectivity index (χ1v) is 7.38. The van der Waals surface area contributed by atoms with E-state index in [0.717, 1.165) is 12.5 Å². The molecule has 10 heteroatoms. The Hall–Kier alpha value is -2.65. The predicted molar refractivity (Wildman–Crippen MR) is 77.4 cm³/mol. The van der Waals surface area contributed by atoms with E-state index in [1.165, 1.54) is 6.92 Å². The summed E-state index contributed by atoms with van der Waals surface area (Å²) in [5, 5.41) is 11.2. The Morgan fingerprint density at radius 1 is 1.33 bits per heavy atom. The summed E-state index contributed by atoms with van der Waals surface area (Å²) in [5.74, 6) is 0.230. The molecule has 3 aromatic heterocycles. The Labute approximate surface area is 134 Å². The molecule has 1 saturated heterocycles. The summed E-state index contributed by atoms with van der Waals surface area (Å²) in [4.78, 5) is 6.01. The Bertz CT molecular complexity index is 873. The zero-order valence-corrected chi connectivity index (χ0v) is 12.7. The van der Waals surface area contributed by atoms with Crippen molar-refractivity contribution in [2.45, 2.75) is 25.6 Å². The number of halogens is 3. The number of fused-ring (bicyclic) bond motifs is 1. The maximum Gasteiger partial charge on any atom is 0.417 e. The summed E-state index contributed by atoms with van der Waals surface area (Å²) in [6.45, 7) is 2.55. The summed E-state index contributed by atoms with van der Waals surface area (Å²) in [6, 6.07) is 1.12. The van der Waals surface area contributed by atoms with Crippen LogP contribution in [0.2, 0.25) is 0 Å². The topological polar surface area (TPSA) is 72.9 Å². The molecule has 0 saturated carbocycles. The molecule has 0 aromatic carbocycles. The predicted octanol–water partition coefficient (Wildman–Crippen LogP) is 2.59. The molecule has 126 valence electrons. The normalized spacial score (nSPS) is 18.7. The molecule has 0 radical (unpaired) electrons. The molecule has 0 amide bonds. The summed E-state index contributed by atoms with van der Waals surface area (Å²) < 4.78 is 46.9. The van der Waals surface area contributed by atoms with Crippen LogP contribution in [0.4, 0.5) is 19.0 Å². The van der Waals surface area contributed by atoms with Crippen molar-refractivity contribution >= 4 is 16.9 Å². The highest BCUT2D eigenvalue weighted by Gasteiger charge is 2.37. The van der Waals surface area contributed by atoms with Crippen LogP contribution in [0, 0.1) is 6.92 Å². The van der Waals surface area contributed by atoms with Gasteiger partial charge in [-0.2, -0.15) is 18.2 Å². The molecule has 1 atom stereocenters. The molecule has 0 bridgehead atoms. The van der Waals surface area contributed by atoms with Crippen LogP contribution >= 0.6 is 0 Å². The first-order chi connectivity index (χ1) is 11.4. The molecule has 3 aromatic rings. The third kappa shape index (κ3) is 2.38. The highest BCUT2D eigenvalue weighted by Crippen LogP contribution is 2.38. The van der Waals surface area contributed by atoms with Gasteiger partial charge in [0.1, 0.15) is 5.82 Å². The van der Waals surface area contributed by atoms with E-state index in [-0.39, 0.29) is 28.7 Å². The van der Waals surface area contributed by atoms with Crippen LogP contribution in [0.25, 0.3) is 11.1 Å².